The molecular weight excluding hydrogens is 745 g/mol. The lowest BCUT2D eigenvalue weighted by Crippen LogP contribution is -2.30. The largest absolute Gasteiger partial charge is 0.462 e. The Morgan fingerprint density at radius 1 is 0.267 bits per heavy atom. The number of hydrogen-bond donors (Lipinski definition) is 0. The molecule has 0 fully saturated rings. The van der Waals surface area contributed by atoms with E-state index in [9.17, 15) is 14.4 Å². The van der Waals surface area contributed by atoms with Crippen LogP contribution in [0.4, 0.5) is 0 Å². The molecule has 356 valence electrons. The van der Waals surface area contributed by atoms with Crippen LogP contribution in [-0.4, -0.2) is 37.2 Å². The van der Waals surface area contributed by atoms with Crippen molar-refractivity contribution in [2.75, 3.05) is 13.2 Å². The van der Waals surface area contributed by atoms with Gasteiger partial charge in [-0.05, 0) is 19.3 Å². The van der Waals surface area contributed by atoms with Crippen LogP contribution in [0.3, 0.4) is 0 Å². The smallest absolute Gasteiger partial charge is 0.306 e. The van der Waals surface area contributed by atoms with Crippen molar-refractivity contribution in [1.29, 1.82) is 0 Å². The summed E-state index contributed by atoms with van der Waals surface area (Å²) in [5.41, 5.74) is 0. The minimum atomic E-state index is -0.759. The van der Waals surface area contributed by atoms with Crippen LogP contribution in [0.1, 0.15) is 310 Å². The average molecular weight is 849 g/mol. The normalized spacial score (nSPS) is 11.8. The maximum atomic E-state index is 12.8. The van der Waals surface area contributed by atoms with Crippen molar-refractivity contribution in [3.8, 4) is 0 Å². The van der Waals surface area contributed by atoms with Gasteiger partial charge in [0.25, 0.3) is 0 Å². The molecule has 0 rings (SSSR count). The predicted molar refractivity (Wildman–Crippen MR) is 257 cm³/mol. The third-order valence-electron chi connectivity index (χ3n) is 12.4. The Balaban J connectivity index is 4.16. The number of hydrogen-bond acceptors (Lipinski definition) is 6. The van der Waals surface area contributed by atoms with Gasteiger partial charge in [-0.3, -0.25) is 14.4 Å². The lowest BCUT2D eigenvalue weighted by atomic mass is 10.0. The Bertz CT molecular complexity index is 889. The molecule has 0 heterocycles. The molecule has 0 aliphatic heterocycles. The molecule has 0 N–H and O–H groups in total. The predicted octanol–water partition coefficient (Wildman–Crippen LogP) is 17.6. The van der Waals surface area contributed by atoms with E-state index in [0.29, 0.717) is 19.3 Å². The summed E-state index contributed by atoms with van der Waals surface area (Å²) in [6.07, 6.45) is 53.9. The SMILES string of the molecule is CCCCCCCCCCCCCCCCCCCCCC(=O)O[C@H](COC(=O)CCCCCCCCC)COC(=O)CCCCCCCCCCCCCCCCCC. The van der Waals surface area contributed by atoms with Crippen molar-refractivity contribution in [2.45, 2.75) is 316 Å². The van der Waals surface area contributed by atoms with Crippen LogP contribution in [-0.2, 0) is 28.6 Å². The first-order chi connectivity index (χ1) is 29.5. The van der Waals surface area contributed by atoms with E-state index < -0.39 is 6.10 Å². The molecule has 0 saturated heterocycles. The van der Waals surface area contributed by atoms with Crippen LogP contribution in [0.25, 0.3) is 0 Å². The zero-order valence-electron chi connectivity index (χ0n) is 40.8. The van der Waals surface area contributed by atoms with Gasteiger partial charge < -0.3 is 14.2 Å². The zero-order chi connectivity index (χ0) is 43.7. The Morgan fingerprint density at radius 2 is 0.450 bits per heavy atom. The van der Waals surface area contributed by atoms with Gasteiger partial charge in [-0.25, -0.2) is 0 Å². The molecule has 0 spiro atoms. The third kappa shape index (κ3) is 47.5. The summed E-state index contributed by atoms with van der Waals surface area (Å²) in [7, 11) is 0. The highest BCUT2D eigenvalue weighted by atomic mass is 16.6. The number of rotatable bonds is 50. The van der Waals surface area contributed by atoms with Crippen molar-refractivity contribution < 1.29 is 28.6 Å². The Kier molecular flexibility index (Phi) is 48.7. The number of unbranched alkanes of at least 4 members (excludes halogenated alkanes) is 39. The molecule has 6 nitrogen and oxygen atoms in total. The molecular formula is C54H104O6. The molecule has 0 aromatic carbocycles. The summed E-state index contributed by atoms with van der Waals surface area (Å²) in [6, 6.07) is 0. The Labute approximate surface area is 374 Å². The first-order valence-corrected chi connectivity index (χ1v) is 27.0. The van der Waals surface area contributed by atoms with Gasteiger partial charge in [-0.15, -0.1) is 0 Å². The van der Waals surface area contributed by atoms with Crippen molar-refractivity contribution in [3.05, 3.63) is 0 Å². The van der Waals surface area contributed by atoms with Crippen LogP contribution in [0.15, 0.2) is 0 Å². The molecule has 0 bridgehead atoms. The highest BCUT2D eigenvalue weighted by molar-refractivity contribution is 5.71. The van der Waals surface area contributed by atoms with Gasteiger partial charge in [0.15, 0.2) is 6.10 Å². The second kappa shape index (κ2) is 50.1. The summed E-state index contributed by atoms with van der Waals surface area (Å²) < 4.78 is 16.8. The maximum Gasteiger partial charge on any atom is 0.306 e. The number of ether oxygens (including phenoxy) is 3. The first kappa shape index (κ1) is 58.4. The van der Waals surface area contributed by atoms with Crippen molar-refractivity contribution >= 4 is 17.9 Å². The first-order valence-electron chi connectivity index (χ1n) is 27.0. The summed E-state index contributed by atoms with van der Waals surface area (Å²) in [4.78, 5) is 37.8. The topological polar surface area (TPSA) is 78.9 Å². The van der Waals surface area contributed by atoms with Gasteiger partial charge in [0.05, 0.1) is 0 Å². The van der Waals surface area contributed by atoms with Gasteiger partial charge in [-0.2, -0.15) is 0 Å². The Morgan fingerprint density at radius 3 is 0.667 bits per heavy atom. The molecule has 0 aliphatic carbocycles. The minimum Gasteiger partial charge on any atom is -0.462 e. The second-order valence-electron chi connectivity index (χ2n) is 18.5. The molecule has 0 aliphatic rings. The van der Waals surface area contributed by atoms with Crippen LogP contribution in [0.2, 0.25) is 0 Å². The number of carbonyl (C=O) groups excluding carboxylic acids is 3. The highest BCUT2D eigenvalue weighted by Gasteiger charge is 2.19. The lowest BCUT2D eigenvalue weighted by molar-refractivity contribution is -0.167. The minimum absolute atomic E-state index is 0.0622. The lowest BCUT2D eigenvalue weighted by Gasteiger charge is -2.18. The summed E-state index contributed by atoms with van der Waals surface area (Å²) in [5.74, 6) is -0.846. The molecule has 6 heteroatoms. The second-order valence-corrected chi connectivity index (χ2v) is 18.5. The molecule has 0 unspecified atom stereocenters. The van der Waals surface area contributed by atoms with E-state index in [0.717, 1.165) is 57.8 Å². The van der Waals surface area contributed by atoms with E-state index in [2.05, 4.69) is 20.8 Å². The van der Waals surface area contributed by atoms with E-state index in [1.54, 1.807) is 0 Å². The fourth-order valence-electron chi connectivity index (χ4n) is 8.27. The third-order valence-corrected chi connectivity index (χ3v) is 12.4. The van der Waals surface area contributed by atoms with Crippen LogP contribution in [0, 0.1) is 0 Å². The van der Waals surface area contributed by atoms with Crippen molar-refractivity contribution in [3.63, 3.8) is 0 Å². The number of carbonyl (C=O) groups is 3. The van der Waals surface area contributed by atoms with Crippen molar-refractivity contribution in [1.82, 2.24) is 0 Å². The van der Waals surface area contributed by atoms with Gasteiger partial charge in [0.1, 0.15) is 13.2 Å². The van der Waals surface area contributed by atoms with Crippen LogP contribution < -0.4 is 0 Å². The van der Waals surface area contributed by atoms with Gasteiger partial charge >= 0.3 is 17.9 Å². The van der Waals surface area contributed by atoms with Gasteiger partial charge in [0, 0.05) is 19.3 Å². The highest BCUT2D eigenvalue weighted by Crippen LogP contribution is 2.17. The van der Waals surface area contributed by atoms with Gasteiger partial charge in [-0.1, -0.05) is 271 Å². The molecule has 0 saturated carbocycles. The monoisotopic (exact) mass is 849 g/mol. The fourth-order valence-corrected chi connectivity index (χ4v) is 8.27. The summed E-state index contributed by atoms with van der Waals surface area (Å²) >= 11 is 0. The standard InChI is InChI=1S/C54H104O6/c1-4-7-10-13-16-18-20-22-24-26-27-28-30-32-34-36-39-42-45-48-54(57)60-51(49-58-52(55)46-43-40-37-15-12-9-6-3)50-59-53(56)47-44-41-38-35-33-31-29-25-23-21-19-17-14-11-8-5-2/h51H,4-50H2,1-3H3/t51-/m1/s1. The van der Waals surface area contributed by atoms with E-state index in [1.165, 1.54) is 212 Å². The Hall–Kier alpha value is -1.59. The van der Waals surface area contributed by atoms with Crippen LogP contribution >= 0.6 is 0 Å². The quantitative estimate of drug-likeness (QED) is 0.0345. The molecule has 1 atom stereocenters. The van der Waals surface area contributed by atoms with Crippen LogP contribution in [0.5, 0.6) is 0 Å². The van der Waals surface area contributed by atoms with E-state index in [1.807, 2.05) is 0 Å². The summed E-state index contributed by atoms with van der Waals surface area (Å²) in [5, 5.41) is 0. The maximum absolute atomic E-state index is 12.8. The van der Waals surface area contributed by atoms with E-state index in [-0.39, 0.29) is 31.1 Å². The average Bonchev–Trinajstić information content (AvgIpc) is 3.24. The zero-order valence-corrected chi connectivity index (χ0v) is 40.8. The van der Waals surface area contributed by atoms with E-state index in [4.69, 9.17) is 14.2 Å². The van der Waals surface area contributed by atoms with E-state index >= 15 is 0 Å². The number of esters is 3. The molecule has 60 heavy (non-hydrogen) atoms. The fraction of sp³-hybridized carbons (Fsp3) is 0.944. The van der Waals surface area contributed by atoms with Crippen molar-refractivity contribution in [2.24, 2.45) is 0 Å². The summed E-state index contributed by atoms with van der Waals surface area (Å²) in [6.45, 7) is 6.65. The molecule has 0 aromatic heterocycles. The molecule has 0 aromatic rings. The molecule has 0 amide bonds. The molecule has 0 radical (unpaired) electrons. The van der Waals surface area contributed by atoms with Gasteiger partial charge in [0.2, 0.25) is 0 Å².